The first-order chi connectivity index (χ1) is 12.8. The van der Waals surface area contributed by atoms with Gasteiger partial charge in [-0.15, -0.1) is 0 Å². The third kappa shape index (κ3) is 4.11. The van der Waals surface area contributed by atoms with Crippen LogP contribution < -0.4 is 5.32 Å². The molecule has 3 aromatic rings. The van der Waals surface area contributed by atoms with Crippen molar-refractivity contribution in [1.29, 1.82) is 0 Å². The highest BCUT2D eigenvalue weighted by atomic mass is 19.1. The number of nitrogens with zero attached hydrogens (tertiary/aromatic N) is 2. The van der Waals surface area contributed by atoms with Crippen LogP contribution in [-0.2, 0) is 11.2 Å². The number of benzene rings is 2. The maximum atomic E-state index is 13.1. The zero-order chi connectivity index (χ0) is 19.6. The molecule has 6 heteroatoms. The Kier molecular flexibility index (Phi) is 5.16. The number of Topliss-reactive ketones (excluding diaryl/α,β-unsaturated/α-hetero) is 1. The smallest absolute Gasteiger partial charge is 0.228 e. The minimum Gasteiger partial charge on any atom is -0.326 e. The molecule has 0 aliphatic rings. The highest BCUT2D eigenvalue weighted by Gasteiger charge is 2.16. The van der Waals surface area contributed by atoms with Gasteiger partial charge in [0.15, 0.2) is 5.78 Å². The van der Waals surface area contributed by atoms with Crippen molar-refractivity contribution in [2.45, 2.75) is 27.2 Å². The Morgan fingerprint density at radius 2 is 1.81 bits per heavy atom. The summed E-state index contributed by atoms with van der Waals surface area (Å²) in [4.78, 5) is 24.0. The lowest BCUT2D eigenvalue weighted by molar-refractivity contribution is -0.115. The molecule has 1 heterocycles. The predicted octanol–water partition coefficient (Wildman–Crippen LogP) is 4.01. The second-order valence-corrected chi connectivity index (χ2v) is 6.40. The Morgan fingerprint density at radius 1 is 1.11 bits per heavy atom. The van der Waals surface area contributed by atoms with E-state index in [0.29, 0.717) is 11.3 Å². The molecular formula is C21H20FN3O2. The van der Waals surface area contributed by atoms with Gasteiger partial charge in [0.2, 0.25) is 5.91 Å². The SMILES string of the molecule is CC(=O)c1cccc(NC(=O)Cc2c(C)nn(-c3ccc(F)cc3)c2C)c1. The summed E-state index contributed by atoms with van der Waals surface area (Å²) in [7, 11) is 0. The number of rotatable bonds is 5. The summed E-state index contributed by atoms with van der Waals surface area (Å²) < 4.78 is 14.8. The highest BCUT2D eigenvalue weighted by Crippen LogP contribution is 2.20. The Hall–Kier alpha value is -3.28. The third-order valence-electron chi connectivity index (χ3n) is 4.40. The average Bonchev–Trinajstić information content (AvgIpc) is 2.91. The molecule has 1 amide bonds. The molecule has 2 aromatic carbocycles. The number of hydrogen-bond acceptors (Lipinski definition) is 3. The minimum absolute atomic E-state index is 0.0571. The van der Waals surface area contributed by atoms with Gasteiger partial charge in [0, 0.05) is 22.5 Å². The van der Waals surface area contributed by atoms with Crippen molar-refractivity contribution in [2.24, 2.45) is 0 Å². The average molecular weight is 365 g/mol. The Bertz CT molecular complexity index is 1010. The molecule has 0 saturated carbocycles. The standard InChI is InChI=1S/C21H20FN3O2/c1-13-20(14(2)25(24-13)19-9-7-17(22)8-10-19)12-21(27)23-18-6-4-5-16(11-18)15(3)26/h4-11H,12H2,1-3H3,(H,23,27). The van der Waals surface area contributed by atoms with Crippen LogP contribution in [0.5, 0.6) is 0 Å². The van der Waals surface area contributed by atoms with Crippen molar-refractivity contribution in [3.05, 3.63) is 76.9 Å². The number of halogens is 1. The molecule has 0 aliphatic heterocycles. The topological polar surface area (TPSA) is 64.0 Å². The summed E-state index contributed by atoms with van der Waals surface area (Å²) in [5.41, 5.74) is 4.24. The molecule has 5 nitrogen and oxygen atoms in total. The highest BCUT2D eigenvalue weighted by molar-refractivity contribution is 5.97. The Morgan fingerprint density at radius 3 is 2.48 bits per heavy atom. The summed E-state index contributed by atoms with van der Waals surface area (Å²) in [5, 5.41) is 7.30. The van der Waals surface area contributed by atoms with E-state index in [1.54, 1.807) is 41.1 Å². The molecule has 0 aliphatic carbocycles. The van der Waals surface area contributed by atoms with E-state index >= 15 is 0 Å². The van der Waals surface area contributed by atoms with Crippen LogP contribution in [0.2, 0.25) is 0 Å². The number of aryl methyl sites for hydroxylation is 1. The first kappa shape index (κ1) is 18.5. The van der Waals surface area contributed by atoms with Crippen molar-refractivity contribution in [2.75, 3.05) is 5.32 Å². The van der Waals surface area contributed by atoms with Crippen LogP contribution in [0.3, 0.4) is 0 Å². The van der Waals surface area contributed by atoms with Gasteiger partial charge in [0.25, 0.3) is 0 Å². The van der Waals surface area contributed by atoms with Crippen molar-refractivity contribution in [3.8, 4) is 5.69 Å². The molecular weight excluding hydrogens is 345 g/mol. The van der Waals surface area contributed by atoms with Gasteiger partial charge < -0.3 is 5.32 Å². The van der Waals surface area contributed by atoms with Crippen LogP contribution in [0, 0.1) is 19.7 Å². The fraction of sp³-hybridized carbons (Fsp3) is 0.190. The summed E-state index contributed by atoms with van der Waals surface area (Å²) >= 11 is 0. The molecule has 3 rings (SSSR count). The largest absolute Gasteiger partial charge is 0.326 e. The molecule has 1 N–H and O–H groups in total. The molecule has 0 bridgehead atoms. The van der Waals surface area contributed by atoms with Crippen molar-refractivity contribution >= 4 is 17.4 Å². The lowest BCUT2D eigenvalue weighted by Gasteiger charge is -2.08. The van der Waals surface area contributed by atoms with Gasteiger partial charge in [-0.25, -0.2) is 9.07 Å². The summed E-state index contributed by atoms with van der Waals surface area (Å²) in [6.45, 7) is 5.20. The van der Waals surface area contributed by atoms with Gasteiger partial charge >= 0.3 is 0 Å². The van der Waals surface area contributed by atoms with E-state index in [-0.39, 0.29) is 23.9 Å². The van der Waals surface area contributed by atoms with E-state index in [2.05, 4.69) is 10.4 Å². The van der Waals surface area contributed by atoms with Gasteiger partial charge in [-0.3, -0.25) is 9.59 Å². The number of carbonyl (C=O) groups is 2. The number of aromatic nitrogens is 2. The molecule has 0 atom stereocenters. The van der Waals surface area contributed by atoms with E-state index < -0.39 is 0 Å². The van der Waals surface area contributed by atoms with Crippen LogP contribution in [0.15, 0.2) is 48.5 Å². The van der Waals surface area contributed by atoms with Gasteiger partial charge in [-0.05, 0) is 57.2 Å². The number of nitrogens with one attached hydrogen (secondary N) is 1. The monoisotopic (exact) mass is 365 g/mol. The van der Waals surface area contributed by atoms with E-state index in [0.717, 1.165) is 22.6 Å². The lowest BCUT2D eigenvalue weighted by Crippen LogP contribution is -2.15. The fourth-order valence-electron chi connectivity index (χ4n) is 2.95. The summed E-state index contributed by atoms with van der Waals surface area (Å²) in [6, 6.07) is 12.9. The van der Waals surface area contributed by atoms with Gasteiger partial charge in [-0.1, -0.05) is 12.1 Å². The summed E-state index contributed by atoms with van der Waals surface area (Å²) in [6.07, 6.45) is 0.156. The molecule has 138 valence electrons. The molecule has 0 radical (unpaired) electrons. The second-order valence-electron chi connectivity index (χ2n) is 6.40. The predicted molar refractivity (Wildman–Crippen MR) is 102 cm³/mol. The number of amides is 1. The number of anilines is 1. The van der Waals surface area contributed by atoms with E-state index in [1.165, 1.54) is 19.1 Å². The normalized spacial score (nSPS) is 10.7. The molecule has 0 saturated heterocycles. The van der Waals surface area contributed by atoms with Gasteiger partial charge in [0.1, 0.15) is 5.82 Å². The van der Waals surface area contributed by atoms with Crippen LogP contribution in [-0.4, -0.2) is 21.5 Å². The zero-order valence-corrected chi connectivity index (χ0v) is 15.4. The van der Waals surface area contributed by atoms with Crippen molar-refractivity contribution < 1.29 is 14.0 Å². The number of ketones is 1. The van der Waals surface area contributed by atoms with Crippen molar-refractivity contribution in [1.82, 2.24) is 9.78 Å². The fourth-order valence-corrected chi connectivity index (χ4v) is 2.95. The number of carbonyl (C=O) groups excluding carboxylic acids is 2. The summed E-state index contributed by atoms with van der Waals surface area (Å²) in [5.74, 6) is -0.563. The molecule has 0 unspecified atom stereocenters. The van der Waals surface area contributed by atoms with E-state index in [9.17, 15) is 14.0 Å². The van der Waals surface area contributed by atoms with Crippen LogP contribution in [0.4, 0.5) is 10.1 Å². The second kappa shape index (κ2) is 7.53. The molecule has 1 aromatic heterocycles. The minimum atomic E-state index is -0.312. The van der Waals surface area contributed by atoms with E-state index in [1.807, 2.05) is 13.8 Å². The number of hydrogen-bond donors (Lipinski definition) is 1. The first-order valence-electron chi connectivity index (χ1n) is 8.57. The zero-order valence-electron chi connectivity index (χ0n) is 15.4. The van der Waals surface area contributed by atoms with Crippen LogP contribution in [0.1, 0.15) is 34.2 Å². The quantitative estimate of drug-likeness (QED) is 0.695. The van der Waals surface area contributed by atoms with Crippen LogP contribution >= 0.6 is 0 Å². The molecule has 0 spiro atoms. The Balaban J connectivity index is 1.79. The van der Waals surface area contributed by atoms with Crippen LogP contribution in [0.25, 0.3) is 5.69 Å². The molecule has 27 heavy (non-hydrogen) atoms. The molecule has 0 fully saturated rings. The van der Waals surface area contributed by atoms with E-state index in [4.69, 9.17) is 0 Å². The van der Waals surface area contributed by atoms with Gasteiger partial charge in [0.05, 0.1) is 17.8 Å². The maximum Gasteiger partial charge on any atom is 0.228 e. The van der Waals surface area contributed by atoms with Gasteiger partial charge in [-0.2, -0.15) is 5.10 Å². The van der Waals surface area contributed by atoms with Crippen molar-refractivity contribution in [3.63, 3.8) is 0 Å². The first-order valence-corrected chi connectivity index (χ1v) is 8.57. The Labute approximate surface area is 156 Å². The third-order valence-corrected chi connectivity index (χ3v) is 4.40. The maximum absolute atomic E-state index is 13.1. The lowest BCUT2D eigenvalue weighted by atomic mass is 10.1.